The summed E-state index contributed by atoms with van der Waals surface area (Å²) in [4.78, 5) is 1.91. The molecule has 1 aromatic heterocycles. The Morgan fingerprint density at radius 2 is 2.11 bits per heavy atom. The van der Waals surface area contributed by atoms with Gasteiger partial charge in [0.15, 0.2) is 0 Å². The van der Waals surface area contributed by atoms with Crippen molar-refractivity contribution in [3.05, 3.63) is 21.9 Å². The third-order valence-electron chi connectivity index (χ3n) is 0.976. The van der Waals surface area contributed by atoms with Gasteiger partial charge in [0.05, 0.1) is 0 Å². The first kappa shape index (κ1) is 7.39. The summed E-state index contributed by atoms with van der Waals surface area (Å²) in [6.45, 7) is 2.03. The lowest BCUT2D eigenvalue weighted by molar-refractivity contribution is 1.46. The van der Waals surface area contributed by atoms with Crippen LogP contribution >= 0.6 is 34.5 Å². The fraction of sp³-hybridized carbons (Fsp3) is 0.333. The Morgan fingerprint density at radius 1 is 1.44 bits per heavy atom. The normalized spacial score (nSPS) is 10.7. The Bertz CT molecular complexity index is 193. The highest BCUT2D eigenvalue weighted by molar-refractivity contribution is 7.12. The molecule has 0 saturated heterocycles. The molecule has 0 aliphatic rings. The van der Waals surface area contributed by atoms with Crippen LogP contribution < -0.4 is 0 Å². The van der Waals surface area contributed by atoms with Crippen molar-refractivity contribution in [3.63, 3.8) is 0 Å². The van der Waals surface area contributed by atoms with E-state index in [0.717, 1.165) is 4.88 Å². The predicted octanol–water partition coefficient (Wildman–Crippen LogP) is 3.53. The first-order chi connectivity index (χ1) is 4.20. The first-order valence-electron chi connectivity index (χ1n) is 2.54. The first-order valence-corrected chi connectivity index (χ1v) is 4.23. The van der Waals surface area contributed by atoms with Crippen molar-refractivity contribution in [1.82, 2.24) is 0 Å². The van der Waals surface area contributed by atoms with Gasteiger partial charge >= 0.3 is 0 Å². The molecule has 0 bridgehead atoms. The molecule has 0 aromatic carbocycles. The van der Waals surface area contributed by atoms with Gasteiger partial charge < -0.3 is 0 Å². The van der Waals surface area contributed by atoms with Gasteiger partial charge in [-0.25, -0.2) is 0 Å². The number of aryl methyl sites for hydroxylation is 1. The van der Waals surface area contributed by atoms with Crippen LogP contribution in [-0.4, -0.2) is 0 Å². The van der Waals surface area contributed by atoms with E-state index in [2.05, 4.69) is 0 Å². The molecular formula is C6H6Cl2S. The zero-order valence-electron chi connectivity index (χ0n) is 4.90. The van der Waals surface area contributed by atoms with E-state index in [0.29, 0.717) is 0 Å². The second kappa shape index (κ2) is 2.91. The Morgan fingerprint density at radius 3 is 2.33 bits per heavy atom. The molecule has 1 heterocycles. The van der Waals surface area contributed by atoms with Gasteiger partial charge in [0.25, 0.3) is 0 Å². The second-order valence-electron chi connectivity index (χ2n) is 1.75. The molecule has 0 aliphatic heterocycles. The maximum absolute atomic E-state index is 5.59. The summed E-state index contributed by atoms with van der Waals surface area (Å²) in [7, 11) is 0. The number of hydrogen-bond acceptors (Lipinski definition) is 1. The molecule has 0 radical (unpaired) electrons. The van der Waals surface area contributed by atoms with Crippen LogP contribution in [0, 0.1) is 6.92 Å². The molecule has 0 aliphatic carbocycles. The van der Waals surface area contributed by atoms with Crippen molar-refractivity contribution in [1.29, 1.82) is 0 Å². The van der Waals surface area contributed by atoms with Crippen LogP contribution in [0.5, 0.6) is 0 Å². The van der Waals surface area contributed by atoms with E-state index in [1.807, 2.05) is 19.1 Å². The molecule has 0 fully saturated rings. The summed E-state index contributed by atoms with van der Waals surface area (Å²) in [5.41, 5.74) is 0. The molecular weight excluding hydrogens is 175 g/mol. The summed E-state index contributed by atoms with van der Waals surface area (Å²) in [6, 6.07) is 3.96. The smallest absolute Gasteiger partial charge is 0.141 e. The van der Waals surface area contributed by atoms with Crippen molar-refractivity contribution < 1.29 is 0 Å². The van der Waals surface area contributed by atoms with Gasteiger partial charge in [0.1, 0.15) is 4.84 Å². The molecule has 0 saturated carbocycles. The van der Waals surface area contributed by atoms with Crippen LogP contribution in [0.3, 0.4) is 0 Å². The van der Waals surface area contributed by atoms with Gasteiger partial charge in [-0.15, -0.1) is 11.3 Å². The third kappa shape index (κ3) is 1.85. The van der Waals surface area contributed by atoms with Crippen molar-refractivity contribution in [3.8, 4) is 0 Å². The average molecular weight is 181 g/mol. The molecule has 3 heteroatoms. The van der Waals surface area contributed by atoms with Crippen molar-refractivity contribution in [2.75, 3.05) is 0 Å². The number of thiophene rings is 1. The van der Waals surface area contributed by atoms with E-state index < -0.39 is 0 Å². The fourth-order valence-electron chi connectivity index (χ4n) is 0.571. The number of alkyl halides is 2. The molecule has 0 unspecified atom stereocenters. The molecule has 9 heavy (non-hydrogen) atoms. The SMILES string of the molecule is Cc1ccc(C(Cl)Cl)s1. The Balaban J connectivity index is 2.85. The van der Waals surface area contributed by atoms with Gasteiger partial charge in [0.2, 0.25) is 0 Å². The second-order valence-corrected chi connectivity index (χ2v) is 4.16. The fourth-order valence-corrected chi connectivity index (χ4v) is 1.72. The topological polar surface area (TPSA) is 0 Å². The van der Waals surface area contributed by atoms with Crippen LogP contribution in [0.2, 0.25) is 0 Å². The zero-order valence-corrected chi connectivity index (χ0v) is 7.22. The van der Waals surface area contributed by atoms with Crippen LogP contribution in [0.25, 0.3) is 0 Å². The van der Waals surface area contributed by atoms with Gasteiger partial charge in [-0.05, 0) is 19.1 Å². The predicted molar refractivity (Wildman–Crippen MR) is 43.5 cm³/mol. The molecule has 1 aromatic rings. The minimum absolute atomic E-state index is 0.358. The van der Waals surface area contributed by atoms with E-state index in [-0.39, 0.29) is 4.84 Å². The molecule has 0 N–H and O–H groups in total. The standard InChI is InChI=1S/C6H6Cl2S/c1-4-2-3-5(9-4)6(7)8/h2-3,6H,1H3. The highest BCUT2D eigenvalue weighted by Gasteiger charge is 2.03. The van der Waals surface area contributed by atoms with Crippen LogP contribution in [0.4, 0.5) is 0 Å². The average Bonchev–Trinajstić information content (AvgIpc) is 2.14. The lowest BCUT2D eigenvalue weighted by Crippen LogP contribution is -1.67. The number of halogens is 2. The Kier molecular flexibility index (Phi) is 2.39. The summed E-state index contributed by atoms with van der Waals surface area (Å²) in [6.07, 6.45) is 0. The van der Waals surface area contributed by atoms with E-state index in [1.165, 1.54) is 4.88 Å². The Labute approximate surface area is 68.4 Å². The zero-order chi connectivity index (χ0) is 6.85. The third-order valence-corrected chi connectivity index (χ3v) is 2.77. The quantitative estimate of drug-likeness (QED) is 0.581. The summed E-state index contributed by atoms with van der Waals surface area (Å²) in [5, 5.41) is 0. The molecule has 0 nitrogen and oxygen atoms in total. The van der Waals surface area contributed by atoms with Crippen molar-refractivity contribution in [2.45, 2.75) is 11.8 Å². The molecule has 0 spiro atoms. The van der Waals surface area contributed by atoms with E-state index in [1.54, 1.807) is 11.3 Å². The van der Waals surface area contributed by atoms with Gasteiger partial charge in [0, 0.05) is 9.75 Å². The van der Waals surface area contributed by atoms with Crippen LogP contribution in [-0.2, 0) is 0 Å². The minimum Gasteiger partial charge on any atom is -0.143 e. The lowest BCUT2D eigenvalue weighted by atomic mass is 10.5. The maximum atomic E-state index is 5.59. The van der Waals surface area contributed by atoms with Crippen molar-refractivity contribution >= 4 is 34.5 Å². The van der Waals surface area contributed by atoms with Crippen LogP contribution in [0.1, 0.15) is 14.6 Å². The van der Waals surface area contributed by atoms with Crippen LogP contribution in [0.15, 0.2) is 12.1 Å². The molecule has 0 amide bonds. The number of hydrogen-bond donors (Lipinski definition) is 0. The van der Waals surface area contributed by atoms with Crippen molar-refractivity contribution in [2.24, 2.45) is 0 Å². The maximum Gasteiger partial charge on any atom is 0.141 e. The lowest BCUT2D eigenvalue weighted by Gasteiger charge is -1.91. The van der Waals surface area contributed by atoms with Gasteiger partial charge in [-0.1, -0.05) is 23.2 Å². The minimum atomic E-state index is -0.358. The van der Waals surface area contributed by atoms with E-state index in [4.69, 9.17) is 23.2 Å². The highest BCUT2D eigenvalue weighted by Crippen LogP contribution is 2.30. The number of rotatable bonds is 1. The highest BCUT2D eigenvalue weighted by atomic mass is 35.5. The summed E-state index contributed by atoms with van der Waals surface area (Å²) < 4.78 is 0. The Hall–Kier alpha value is 0.280. The van der Waals surface area contributed by atoms with E-state index in [9.17, 15) is 0 Å². The van der Waals surface area contributed by atoms with Gasteiger partial charge in [-0.3, -0.25) is 0 Å². The van der Waals surface area contributed by atoms with Gasteiger partial charge in [-0.2, -0.15) is 0 Å². The van der Waals surface area contributed by atoms with E-state index >= 15 is 0 Å². The molecule has 0 atom stereocenters. The summed E-state index contributed by atoms with van der Waals surface area (Å²) in [5.74, 6) is 0. The monoisotopic (exact) mass is 180 g/mol. The summed E-state index contributed by atoms with van der Waals surface area (Å²) >= 11 is 12.8. The molecule has 1 rings (SSSR count). The largest absolute Gasteiger partial charge is 0.143 e. The molecule has 50 valence electrons.